The molecule has 1 aliphatic rings. The number of hydrogen-bond donors (Lipinski definition) is 2. The minimum Gasteiger partial charge on any atom is -0.460 e. The molecule has 0 saturated carbocycles. The highest BCUT2D eigenvalue weighted by Crippen LogP contribution is 2.28. The Labute approximate surface area is 217 Å². The van der Waals surface area contributed by atoms with Gasteiger partial charge in [-0.3, -0.25) is 14.9 Å². The summed E-state index contributed by atoms with van der Waals surface area (Å²) in [5.41, 5.74) is -0.835. The van der Waals surface area contributed by atoms with E-state index in [0.29, 0.717) is 19.4 Å². The average molecular weight is 522 g/mol. The van der Waals surface area contributed by atoms with Crippen molar-refractivity contribution >= 4 is 41.2 Å². The Morgan fingerprint density at radius 2 is 1.86 bits per heavy atom. The summed E-state index contributed by atoms with van der Waals surface area (Å²) in [4.78, 5) is 52.6. The number of carbonyl (C=O) groups is 4. The summed E-state index contributed by atoms with van der Waals surface area (Å²) in [6, 6.07) is 2.77. The predicted molar refractivity (Wildman–Crippen MR) is 138 cm³/mol. The molecule has 198 valence electrons. The van der Waals surface area contributed by atoms with Gasteiger partial charge in [-0.2, -0.15) is 0 Å². The number of amides is 3. The maximum atomic E-state index is 13.5. The van der Waals surface area contributed by atoms with E-state index in [-0.39, 0.29) is 28.8 Å². The Morgan fingerprint density at radius 3 is 2.42 bits per heavy atom. The number of rotatable bonds is 7. The molecular weight excluding hydrogens is 486 g/mol. The number of carbonyl (C=O) groups excluding carboxylic acids is 4. The molecule has 1 heterocycles. The van der Waals surface area contributed by atoms with E-state index in [2.05, 4.69) is 17.2 Å². The minimum atomic E-state index is -0.906. The van der Waals surface area contributed by atoms with Crippen LogP contribution in [0, 0.1) is 5.41 Å². The van der Waals surface area contributed by atoms with E-state index in [1.807, 2.05) is 20.8 Å². The largest absolute Gasteiger partial charge is 0.460 e. The molecule has 0 spiro atoms. The SMILES string of the molecule is C=CCOC(=O)[C@H]1CCCN1C(=O)C(NC(=O)c1ccc(NC(=O)OC(C)(C)C)c(Cl)c1)C(C)(C)C. The van der Waals surface area contributed by atoms with Crippen LogP contribution in [0.5, 0.6) is 0 Å². The first kappa shape index (κ1) is 29.2. The number of hydrogen-bond acceptors (Lipinski definition) is 6. The topological polar surface area (TPSA) is 114 Å². The first-order chi connectivity index (χ1) is 16.6. The molecule has 1 aromatic carbocycles. The van der Waals surface area contributed by atoms with Crippen LogP contribution in [-0.4, -0.2) is 59.6 Å². The molecule has 9 nitrogen and oxygen atoms in total. The molecule has 0 radical (unpaired) electrons. The highest BCUT2D eigenvalue weighted by molar-refractivity contribution is 6.34. The third-order valence-corrected chi connectivity index (χ3v) is 5.72. The first-order valence-corrected chi connectivity index (χ1v) is 12.2. The smallest absolute Gasteiger partial charge is 0.412 e. The van der Waals surface area contributed by atoms with Crippen LogP contribution >= 0.6 is 11.6 Å². The van der Waals surface area contributed by atoms with Gasteiger partial charge < -0.3 is 19.7 Å². The van der Waals surface area contributed by atoms with E-state index in [1.54, 1.807) is 20.8 Å². The van der Waals surface area contributed by atoms with Crippen LogP contribution in [-0.2, 0) is 19.1 Å². The van der Waals surface area contributed by atoms with Gasteiger partial charge in [-0.25, -0.2) is 9.59 Å². The summed E-state index contributed by atoms with van der Waals surface area (Å²) in [7, 11) is 0. The zero-order valence-corrected chi connectivity index (χ0v) is 22.5. The number of halogens is 1. The molecule has 0 aromatic heterocycles. The summed E-state index contributed by atoms with van der Waals surface area (Å²) in [5, 5.41) is 5.49. The van der Waals surface area contributed by atoms with Crippen LogP contribution in [0.2, 0.25) is 5.02 Å². The maximum absolute atomic E-state index is 13.5. The van der Waals surface area contributed by atoms with Crippen LogP contribution in [0.25, 0.3) is 0 Å². The number of likely N-dealkylation sites (tertiary alicyclic amines) is 1. The Hall–Kier alpha value is -3.07. The third kappa shape index (κ3) is 7.98. The summed E-state index contributed by atoms with van der Waals surface area (Å²) in [5.74, 6) is -1.36. The minimum absolute atomic E-state index is 0.0658. The number of nitrogens with one attached hydrogen (secondary N) is 2. The molecule has 2 N–H and O–H groups in total. The molecule has 1 fully saturated rings. The predicted octanol–water partition coefficient (Wildman–Crippen LogP) is 4.55. The van der Waals surface area contributed by atoms with E-state index in [9.17, 15) is 19.2 Å². The van der Waals surface area contributed by atoms with E-state index < -0.39 is 41.1 Å². The zero-order valence-electron chi connectivity index (χ0n) is 21.8. The van der Waals surface area contributed by atoms with Crippen LogP contribution in [0.15, 0.2) is 30.9 Å². The van der Waals surface area contributed by atoms with Crippen molar-refractivity contribution in [3.8, 4) is 0 Å². The van der Waals surface area contributed by atoms with Gasteiger partial charge in [0, 0.05) is 12.1 Å². The lowest BCUT2D eigenvalue weighted by Gasteiger charge is -2.35. The fraction of sp³-hybridized carbons (Fsp3) is 0.538. The van der Waals surface area contributed by atoms with Gasteiger partial charge in [0.2, 0.25) is 5.91 Å². The van der Waals surface area contributed by atoms with Crippen molar-refractivity contribution < 1.29 is 28.7 Å². The van der Waals surface area contributed by atoms with E-state index in [0.717, 1.165) is 0 Å². The molecule has 0 bridgehead atoms. The van der Waals surface area contributed by atoms with Crippen molar-refractivity contribution in [1.82, 2.24) is 10.2 Å². The van der Waals surface area contributed by atoms with Gasteiger partial charge in [-0.05, 0) is 57.2 Å². The van der Waals surface area contributed by atoms with Crippen LogP contribution in [0.4, 0.5) is 10.5 Å². The van der Waals surface area contributed by atoms with Gasteiger partial charge in [0.1, 0.15) is 24.3 Å². The van der Waals surface area contributed by atoms with Gasteiger partial charge >= 0.3 is 12.1 Å². The number of benzene rings is 1. The van der Waals surface area contributed by atoms with Gasteiger partial charge in [-0.1, -0.05) is 45.0 Å². The highest BCUT2D eigenvalue weighted by Gasteiger charge is 2.42. The lowest BCUT2D eigenvalue weighted by atomic mass is 9.85. The molecule has 36 heavy (non-hydrogen) atoms. The number of esters is 1. The molecule has 2 atom stereocenters. The quantitative estimate of drug-likeness (QED) is 0.402. The highest BCUT2D eigenvalue weighted by atomic mass is 35.5. The second-order valence-electron chi connectivity index (χ2n) is 10.7. The standard InChI is InChI=1S/C26H36ClN3O6/c1-8-14-35-23(33)19-10-9-13-30(19)22(32)20(25(2,3)4)29-21(31)16-11-12-18(17(27)15-16)28-24(34)36-26(5,6)7/h8,11-12,15,19-20H,1,9-10,13-14H2,2-7H3,(H,28,34)(H,29,31)/t19-,20?/m1/s1. The third-order valence-electron chi connectivity index (χ3n) is 5.41. The van der Waals surface area contributed by atoms with Crippen LogP contribution in [0.1, 0.15) is 64.7 Å². The van der Waals surface area contributed by atoms with Gasteiger partial charge in [0.15, 0.2) is 0 Å². The monoisotopic (exact) mass is 521 g/mol. The van der Waals surface area contributed by atoms with Crippen molar-refractivity contribution in [2.24, 2.45) is 5.41 Å². The summed E-state index contributed by atoms with van der Waals surface area (Å²) >= 11 is 6.29. The maximum Gasteiger partial charge on any atom is 0.412 e. The molecule has 2 rings (SSSR count). The normalized spacial score (nSPS) is 16.6. The zero-order chi connectivity index (χ0) is 27.3. The van der Waals surface area contributed by atoms with Gasteiger partial charge in [0.25, 0.3) is 5.91 Å². The van der Waals surface area contributed by atoms with E-state index in [4.69, 9.17) is 21.1 Å². The Kier molecular flexibility index (Phi) is 9.54. The van der Waals surface area contributed by atoms with E-state index in [1.165, 1.54) is 29.2 Å². The number of ether oxygens (including phenoxy) is 2. The van der Waals surface area contributed by atoms with Crippen molar-refractivity contribution in [1.29, 1.82) is 0 Å². The Morgan fingerprint density at radius 1 is 1.19 bits per heavy atom. The Bertz CT molecular complexity index is 1010. The second-order valence-corrected chi connectivity index (χ2v) is 11.1. The van der Waals surface area contributed by atoms with Crippen molar-refractivity contribution in [2.75, 3.05) is 18.5 Å². The molecule has 3 amide bonds. The molecule has 0 aliphatic carbocycles. The lowest BCUT2D eigenvalue weighted by Crippen LogP contribution is -2.56. The molecule has 1 saturated heterocycles. The molecule has 1 unspecified atom stereocenters. The fourth-order valence-electron chi connectivity index (χ4n) is 3.71. The Balaban J connectivity index is 2.18. The van der Waals surface area contributed by atoms with Crippen LogP contribution in [0.3, 0.4) is 0 Å². The first-order valence-electron chi connectivity index (χ1n) is 11.8. The molecule has 10 heteroatoms. The molecule has 1 aromatic rings. The van der Waals surface area contributed by atoms with Crippen molar-refractivity contribution in [2.45, 2.75) is 72.1 Å². The molecular formula is C26H36ClN3O6. The average Bonchev–Trinajstić information content (AvgIpc) is 3.24. The summed E-state index contributed by atoms with van der Waals surface area (Å²) in [6.07, 6.45) is 1.95. The van der Waals surface area contributed by atoms with Crippen molar-refractivity contribution in [3.63, 3.8) is 0 Å². The molecule has 1 aliphatic heterocycles. The summed E-state index contributed by atoms with van der Waals surface area (Å²) < 4.78 is 10.4. The van der Waals surface area contributed by atoms with Crippen molar-refractivity contribution in [3.05, 3.63) is 41.4 Å². The second kappa shape index (κ2) is 11.8. The van der Waals surface area contributed by atoms with Crippen LogP contribution < -0.4 is 10.6 Å². The fourth-order valence-corrected chi connectivity index (χ4v) is 3.94. The van der Waals surface area contributed by atoms with Gasteiger partial charge in [0.05, 0.1) is 10.7 Å². The lowest BCUT2D eigenvalue weighted by molar-refractivity contribution is -0.153. The van der Waals surface area contributed by atoms with Gasteiger partial charge in [-0.15, -0.1) is 0 Å². The number of nitrogens with zero attached hydrogens (tertiary/aromatic N) is 1. The summed E-state index contributed by atoms with van der Waals surface area (Å²) in [6.45, 7) is 14.7. The van der Waals surface area contributed by atoms with E-state index >= 15 is 0 Å². The number of anilines is 1.